The van der Waals surface area contributed by atoms with Crippen molar-refractivity contribution in [3.63, 3.8) is 0 Å². The Balaban J connectivity index is 0.000000192. The highest BCUT2D eigenvalue weighted by Crippen LogP contribution is 2.39. The van der Waals surface area contributed by atoms with E-state index in [2.05, 4.69) is 54.6 Å². The topological polar surface area (TPSA) is 153 Å². The first-order valence-corrected chi connectivity index (χ1v) is 11.1. The number of non-ortho nitro benzene ring substituents is 1. The molecular weight excluding hydrogens is 464 g/mol. The predicted octanol–water partition coefficient (Wildman–Crippen LogP) is 5.21. The average Bonchev–Trinajstić information content (AvgIpc) is 3.19. The number of hydrogen-bond acceptors (Lipinski definition) is 9. The average molecular weight is 487 g/mol. The molecule has 1 aliphatic rings. The van der Waals surface area contributed by atoms with Gasteiger partial charge in [0.2, 0.25) is 0 Å². The van der Waals surface area contributed by atoms with Crippen molar-refractivity contribution in [2.75, 3.05) is 13.6 Å². The minimum atomic E-state index is -1.21. The van der Waals surface area contributed by atoms with Gasteiger partial charge in [-0.3, -0.25) is 35.2 Å². The smallest absolute Gasteiger partial charge is 0.324 e. The molecule has 0 spiro atoms. The van der Waals surface area contributed by atoms with Gasteiger partial charge in [0.1, 0.15) is 0 Å². The van der Waals surface area contributed by atoms with Crippen LogP contribution >= 0.6 is 11.3 Å². The quantitative estimate of drug-likeness (QED) is 0.293. The van der Waals surface area contributed by atoms with Crippen LogP contribution in [-0.2, 0) is 6.42 Å². The van der Waals surface area contributed by atoms with Gasteiger partial charge in [0.25, 0.3) is 11.4 Å². The molecule has 3 aromatic rings. The number of fused-ring (bicyclic) bond motifs is 1. The highest BCUT2D eigenvalue weighted by atomic mass is 32.1. The Morgan fingerprint density at radius 1 is 1.06 bits per heavy atom. The molecule has 1 aromatic heterocycles. The molecule has 12 heteroatoms. The van der Waals surface area contributed by atoms with Crippen LogP contribution in [0.15, 0.2) is 53.4 Å². The van der Waals surface area contributed by atoms with E-state index in [1.807, 2.05) is 11.3 Å². The van der Waals surface area contributed by atoms with Gasteiger partial charge in [-0.25, -0.2) is 0 Å². The van der Waals surface area contributed by atoms with Crippen LogP contribution in [0.1, 0.15) is 18.9 Å². The summed E-state index contributed by atoms with van der Waals surface area (Å²) in [6.45, 7) is 3.45. The summed E-state index contributed by atoms with van der Waals surface area (Å²) < 4.78 is 1.41. The molecule has 1 aliphatic heterocycles. The Labute approximate surface area is 198 Å². The van der Waals surface area contributed by atoms with Gasteiger partial charge in [-0.2, -0.15) is 0 Å². The number of phenols is 1. The fourth-order valence-electron chi connectivity index (χ4n) is 3.66. The van der Waals surface area contributed by atoms with E-state index in [1.165, 1.54) is 34.2 Å². The van der Waals surface area contributed by atoms with Crippen molar-refractivity contribution in [3.05, 3.63) is 89.3 Å². The number of thiophene rings is 1. The molecule has 0 fully saturated rings. The summed E-state index contributed by atoms with van der Waals surface area (Å²) in [4.78, 5) is 30.2. The molecule has 11 nitrogen and oxygen atoms in total. The standard InChI is InChI=1S/C16H19NS.C6H3N3O7/c1-12-7-8-17(2)14(9-12)10-13-11-18-16-6-4-3-5-15(13)16;10-6-4(8(13)14)1-3(7(11)12)2-5(6)9(15)16/h3-6,9,11,14H,7-8,10H2,1-2H3;1-2,10H. The first-order chi connectivity index (χ1) is 16.1. The Morgan fingerprint density at radius 3 is 2.26 bits per heavy atom. The number of rotatable bonds is 5. The van der Waals surface area contributed by atoms with E-state index >= 15 is 0 Å². The van der Waals surface area contributed by atoms with Gasteiger partial charge in [-0.1, -0.05) is 29.8 Å². The highest BCUT2D eigenvalue weighted by Gasteiger charge is 2.30. The van der Waals surface area contributed by atoms with Gasteiger partial charge in [0.15, 0.2) is 0 Å². The summed E-state index contributed by atoms with van der Waals surface area (Å²) in [6, 6.07) is 10.2. The zero-order valence-corrected chi connectivity index (χ0v) is 19.2. The molecule has 4 rings (SSSR count). The van der Waals surface area contributed by atoms with E-state index in [0.29, 0.717) is 18.2 Å². The van der Waals surface area contributed by atoms with E-state index in [-0.39, 0.29) is 0 Å². The van der Waals surface area contributed by atoms with E-state index in [9.17, 15) is 30.3 Å². The summed E-state index contributed by atoms with van der Waals surface area (Å²) >= 11 is 1.87. The molecule has 2 aromatic carbocycles. The lowest BCUT2D eigenvalue weighted by Crippen LogP contribution is -2.35. The lowest BCUT2D eigenvalue weighted by atomic mass is 9.98. The van der Waals surface area contributed by atoms with Crippen molar-refractivity contribution < 1.29 is 19.9 Å². The van der Waals surface area contributed by atoms with Crippen LogP contribution in [0.3, 0.4) is 0 Å². The molecule has 0 radical (unpaired) electrons. The number of nitro groups is 3. The molecule has 178 valence electrons. The molecule has 0 saturated heterocycles. The third-order valence-electron chi connectivity index (χ3n) is 5.55. The van der Waals surface area contributed by atoms with Gasteiger partial charge >= 0.3 is 11.4 Å². The second kappa shape index (κ2) is 10.4. The maximum Gasteiger partial charge on any atom is 0.324 e. The van der Waals surface area contributed by atoms with E-state index in [4.69, 9.17) is 5.11 Å². The van der Waals surface area contributed by atoms with Crippen LogP contribution in [0.2, 0.25) is 0 Å². The normalized spacial score (nSPS) is 15.8. The van der Waals surface area contributed by atoms with Crippen molar-refractivity contribution in [2.45, 2.75) is 25.8 Å². The number of phenolic OH excluding ortho intramolecular Hbond substituents is 1. The molecule has 1 atom stereocenters. The minimum absolute atomic E-state index is 0.447. The fraction of sp³-hybridized carbons (Fsp3) is 0.273. The number of benzene rings is 2. The highest BCUT2D eigenvalue weighted by molar-refractivity contribution is 7.17. The zero-order valence-electron chi connectivity index (χ0n) is 18.4. The lowest BCUT2D eigenvalue weighted by Gasteiger charge is -2.30. The van der Waals surface area contributed by atoms with Crippen LogP contribution in [-0.4, -0.2) is 44.4 Å². The molecule has 0 amide bonds. The van der Waals surface area contributed by atoms with Crippen molar-refractivity contribution in [1.29, 1.82) is 0 Å². The van der Waals surface area contributed by atoms with Gasteiger partial charge < -0.3 is 5.11 Å². The van der Waals surface area contributed by atoms with Gasteiger partial charge in [0.05, 0.1) is 26.9 Å². The largest absolute Gasteiger partial charge is 0.497 e. The van der Waals surface area contributed by atoms with Crippen molar-refractivity contribution >= 4 is 38.5 Å². The molecule has 2 heterocycles. The number of hydrogen-bond donors (Lipinski definition) is 1. The Morgan fingerprint density at radius 2 is 1.68 bits per heavy atom. The summed E-state index contributed by atoms with van der Waals surface area (Å²) in [6.07, 6.45) is 4.80. The second-order valence-electron chi connectivity index (χ2n) is 7.88. The van der Waals surface area contributed by atoms with Gasteiger partial charge in [0, 0.05) is 17.3 Å². The van der Waals surface area contributed by atoms with Crippen molar-refractivity contribution in [1.82, 2.24) is 4.90 Å². The SMILES string of the molecule is CC1=CC(Cc2csc3ccccc23)N(C)CC1.O=[N+]([O-])c1cc([N+](=O)[O-])c(O)c([N+](=O)[O-])c1. The molecule has 0 aliphatic carbocycles. The summed E-state index contributed by atoms with van der Waals surface area (Å²) in [5, 5.41) is 44.0. The van der Waals surface area contributed by atoms with Crippen LogP contribution in [0.5, 0.6) is 5.75 Å². The number of nitrogens with zero attached hydrogens (tertiary/aromatic N) is 4. The van der Waals surface area contributed by atoms with E-state index in [0.717, 1.165) is 6.42 Å². The number of aromatic hydroxyl groups is 1. The first-order valence-electron chi connectivity index (χ1n) is 10.2. The van der Waals surface area contributed by atoms with Gasteiger partial charge in [-0.05, 0) is 49.2 Å². The summed E-state index contributed by atoms with van der Waals surface area (Å²) in [7, 11) is 2.24. The summed E-state index contributed by atoms with van der Waals surface area (Å²) in [5.74, 6) is -1.21. The second-order valence-corrected chi connectivity index (χ2v) is 8.79. The van der Waals surface area contributed by atoms with Crippen LogP contribution in [0.4, 0.5) is 17.1 Å². The summed E-state index contributed by atoms with van der Waals surface area (Å²) in [5.41, 5.74) is 0.0361. The molecule has 34 heavy (non-hydrogen) atoms. The third-order valence-corrected chi connectivity index (χ3v) is 6.56. The van der Waals surface area contributed by atoms with E-state index in [1.54, 1.807) is 0 Å². The van der Waals surface area contributed by atoms with Crippen molar-refractivity contribution in [3.8, 4) is 5.75 Å². The molecule has 1 N–H and O–H groups in total. The zero-order chi connectivity index (χ0) is 25.0. The van der Waals surface area contributed by atoms with Crippen LogP contribution in [0.25, 0.3) is 10.1 Å². The molecule has 0 saturated carbocycles. The lowest BCUT2D eigenvalue weighted by molar-refractivity contribution is -0.404. The van der Waals surface area contributed by atoms with Gasteiger partial charge in [-0.15, -0.1) is 11.3 Å². The Hall–Kier alpha value is -3.90. The third kappa shape index (κ3) is 5.53. The number of likely N-dealkylation sites (N-methyl/N-ethyl adjacent to an activating group) is 1. The van der Waals surface area contributed by atoms with Crippen LogP contribution < -0.4 is 0 Å². The Kier molecular flexibility index (Phi) is 7.54. The molecule has 0 bridgehead atoms. The Bertz CT molecular complexity index is 1250. The first kappa shape index (κ1) is 24.7. The van der Waals surface area contributed by atoms with E-state index < -0.39 is 37.6 Å². The maximum atomic E-state index is 10.4. The van der Waals surface area contributed by atoms with Crippen molar-refractivity contribution in [2.24, 2.45) is 0 Å². The van der Waals surface area contributed by atoms with Crippen LogP contribution in [0, 0.1) is 30.3 Å². The number of nitro benzene ring substituents is 3. The molecular formula is C22H22N4O7S. The monoisotopic (exact) mass is 486 g/mol. The predicted molar refractivity (Wildman–Crippen MR) is 128 cm³/mol. The maximum absolute atomic E-state index is 10.4. The molecule has 1 unspecified atom stereocenters. The fourth-order valence-corrected chi connectivity index (χ4v) is 4.64. The minimum Gasteiger partial charge on any atom is -0.497 e.